The number of aliphatic hydroxyl groups excluding tert-OH is 1. The van der Waals surface area contributed by atoms with Crippen LogP contribution in [-0.2, 0) is 0 Å². The molecule has 0 amide bonds. The predicted molar refractivity (Wildman–Crippen MR) is 72.6 cm³/mol. The number of piperidine rings is 1. The fourth-order valence-electron chi connectivity index (χ4n) is 1.96. The van der Waals surface area contributed by atoms with Crippen molar-refractivity contribution in [3.63, 3.8) is 0 Å². The first kappa shape index (κ1) is 13.8. The van der Waals surface area contributed by atoms with E-state index in [0.717, 1.165) is 38.9 Å². The van der Waals surface area contributed by atoms with Gasteiger partial charge >= 0.3 is 6.01 Å². The minimum atomic E-state index is -0.210. The van der Waals surface area contributed by atoms with Gasteiger partial charge in [-0.25, -0.2) is 0 Å². The molecule has 1 aromatic rings. The zero-order valence-electron chi connectivity index (χ0n) is 11.5. The van der Waals surface area contributed by atoms with E-state index in [1.165, 1.54) is 0 Å². The number of nitrogens with one attached hydrogen (secondary N) is 1. The Morgan fingerprint density at radius 3 is 2.68 bits per heavy atom. The summed E-state index contributed by atoms with van der Waals surface area (Å²) in [5.74, 6) is 1.15. The van der Waals surface area contributed by atoms with Crippen LogP contribution in [0.25, 0.3) is 0 Å². The first-order valence-electron chi connectivity index (χ1n) is 6.70. The summed E-state index contributed by atoms with van der Waals surface area (Å²) >= 11 is 0. The third-order valence-corrected chi connectivity index (χ3v) is 3.07. The van der Waals surface area contributed by atoms with Crippen LogP contribution >= 0.6 is 0 Å². The van der Waals surface area contributed by atoms with E-state index < -0.39 is 0 Å². The van der Waals surface area contributed by atoms with Crippen molar-refractivity contribution >= 4 is 11.9 Å². The average molecular weight is 267 g/mol. The van der Waals surface area contributed by atoms with Crippen LogP contribution < -0.4 is 15.0 Å². The molecule has 106 valence electrons. The summed E-state index contributed by atoms with van der Waals surface area (Å²) in [6, 6.07) is 0.315. The molecule has 7 heteroatoms. The van der Waals surface area contributed by atoms with Crippen molar-refractivity contribution in [3.8, 4) is 6.01 Å². The SMILES string of the molecule is CCCNc1nc(OC)nc(N2CCC(O)CC2)n1. The van der Waals surface area contributed by atoms with Crippen molar-refractivity contribution in [1.82, 2.24) is 15.0 Å². The Labute approximate surface area is 113 Å². The molecule has 0 aliphatic carbocycles. The Morgan fingerprint density at radius 2 is 2.05 bits per heavy atom. The molecule has 0 radical (unpaired) electrons. The molecule has 1 aromatic heterocycles. The van der Waals surface area contributed by atoms with E-state index in [0.29, 0.717) is 17.9 Å². The summed E-state index contributed by atoms with van der Waals surface area (Å²) in [6.45, 7) is 4.40. The molecule has 2 rings (SSSR count). The van der Waals surface area contributed by atoms with Gasteiger partial charge < -0.3 is 20.1 Å². The minimum Gasteiger partial charge on any atom is -0.467 e. The highest BCUT2D eigenvalue weighted by Crippen LogP contribution is 2.19. The van der Waals surface area contributed by atoms with E-state index in [1.54, 1.807) is 7.11 Å². The maximum Gasteiger partial charge on any atom is 0.322 e. The summed E-state index contributed by atoms with van der Waals surface area (Å²) in [7, 11) is 1.54. The van der Waals surface area contributed by atoms with Crippen molar-refractivity contribution in [1.29, 1.82) is 0 Å². The molecule has 1 fully saturated rings. The second-order valence-electron chi connectivity index (χ2n) is 4.59. The highest BCUT2D eigenvalue weighted by atomic mass is 16.5. The quantitative estimate of drug-likeness (QED) is 0.811. The minimum absolute atomic E-state index is 0.210. The maximum absolute atomic E-state index is 9.53. The van der Waals surface area contributed by atoms with E-state index in [2.05, 4.69) is 27.2 Å². The molecular weight excluding hydrogens is 246 g/mol. The monoisotopic (exact) mass is 267 g/mol. The molecule has 7 nitrogen and oxygen atoms in total. The largest absolute Gasteiger partial charge is 0.467 e. The predicted octanol–water partition coefficient (Wildman–Crippen LogP) is 0.663. The molecule has 19 heavy (non-hydrogen) atoms. The fourth-order valence-corrected chi connectivity index (χ4v) is 1.96. The summed E-state index contributed by atoms with van der Waals surface area (Å²) in [4.78, 5) is 14.9. The van der Waals surface area contributed by atoms with Crippen molar-refractivity contribution < 1.29 is 9.84 Å². The summed E-state index contributed by atoms with van der Waals surface area (Å²) in [5, 5.41) is 12.7. The number of aromatic nitrogens is 3. The van der Waals surface area contributed by atoms with Gasteiger partial charge in [-0.15, -0.1) is 0 Å². The molecule has 0 saturated carbocycles. The molecule has 0 bridgehead atoms. The molecule has 2 heterocycles. The van der Waals surface area contributed by atoms with Crippen LogP contribution in [0.4, 0.5) is 11.9 Å². The van der Waals surface area contributed by atoms with Gasteiger partial charge in [-0.05, 0) is 19.3 Å². The molecule has 0 aromatic carbocycles. The third-order valence-electron chi connectivity index (χ3n) is 3.07. The van der Waals surface area contributed by atoms with Gasteiger partial charge in [-0.2, -0.15) is 15.0 Å². The Balaban J connectivity index is 2.14. The van der Waals surface area contributed by atoms with Gasteiger partial charge in [-0.3, -0.25) is 0 Å². The van der Waals surface area contributed by atoms with E-state index in [9.17, 15) is 5.11 Å². The molecule has 1 aliphatic rings. The number of nitrogens with zero attached hydrogens (tertiary/aromatic N) is 4. The van der Waals surface area contributed by atoms with Crippen LogP contribution in [0.3, 0.4) is 0 Å². The second-order valence-corrected chi connectivity index (χ2v) is 4.59. The molecule has 0 atom stereocenters. The number of hydrogen-bond donors (Lipinski definition) is 2. The van der Waals surface area contributed by atoms with Crippen LogP contribution in [0.15, 0.2) is 0 Å². The van der Waals surface area contributed by atoms with Crippen LogP contribution in [0.1, 0.15) is 26.2 Å². The van der Waals surface area contributed by atoms with Crippen LogP contribution in [0.5, 0.6) is 6.01 Å². The molecule has 1 aliphatic heterocycles. The van der Waals surface area contributed by atoms with Gasteiger partial charge in [-0.1, -0.05) is 6.92 Å². The Bertz CT molecular complexity index is 407. The molecule has 0 spiro atoms. The average Bonchev–Trinajstić information content (AvgIpc) is 2.45. The summed E-state index contributed by atoms with van der Waals surface area (Å²) in [5.41, 5.74) is 0. The molecule has 1 saturated heterocycles. The van der Waals surface area contributed by atoms with Crippen molar-refractivity contribution in [2.75, 3.05) is 37.0 Å². The van der Waals surface area contributed by atoms with Gasteiger partial charge in [0.2, 0.25) is 11.9 Å². The summed E-state index contributed by atoms with van der Waals surface area (Å²) < 4.78 is 5.11. The standard InChI is InChI=1S/C12H21N5O2/c1-3-6-13-10-14-11(16-12(15-10)19-2)17-7-4-9(18)5-8-17/h9,18H,3-8H2,1-2H3,(H,13,14,15,16). The van der Waals surface area contributed by atoms with E-state index in [1.807, 2.05) is 4.90 Å². The van der Waals surface area contributed by atoms with E-state index in [4.69, 9.17) is 4.74 Å². The summed E-state index contributed by atoms with van der Waals surface area (Å²) in [6.07, 6.45) is 2.27. The highest BCUT2D eigenvalue weighted by molar-refractivity contribution is 5.38. The number of methoxy groups -OCH3 is 1. The zero-order chi connectivity index (χ0) is 13.7. The smallest absolute Gasteiger partial charge is 0.322 e. The van der Waals surface area contributed by atoms with E-state index >= 15 is 0 Å². The fraction of sp³-hybridized carbons (Fsp3) is 0.750. The van der Waals surface area contributed by atoms with Gasteiger partial charge in [0.25, 0.3) is 0 Å². The topological polar surface area (TPSA) is 83.4 Å². The number of anilines is 2. The number of rotatable bonds is 5. The lowest BCUT2D eigenvalue weighted by Crippen LogP contribution is -2.37. The zero-order valence-corrected chi connectivity index (χ0v) is 11.5. The number of aliphatic hydroxyl groups is 1. The maximum atomic E-state index is 9.53. The number of hydrogen-bond acceptors (Lipinski definition) is 7. The van der Waals surface area contributed by atoms with Gasteiger partial charge in [0, 0.05) is 19.6 Å². The lowest BCUT2D eigenvalue weighted by atomic mass is 10.1. The lowest BCUT2D eigenvalue weighted by Gasteiger charge is -2.29. The third kappa shape index (κ3) is 3.66. The molecule has 0 unspecified atom stereocenters. The first-order chi connectivity index (χ1) is 9.22. The lowest BCUT2D eigenvalue weighted by molar-refractivity contribution is 0.145. The molecule has 2 N–H and O–H groups in total. The van der Waals surface area contributed by atoms with Crippen molar-refractivity contribution in [2.45, 2.75) is 32.3 Å². The highest BCUT2D eigenvalue weighted by Gasteiger charge is 2.20. The Kier molecular flexibility index (Phi) is 4.73. The number of ether oxygens (including phenoxy) is 1. The molecular formula is C12H21N5O2. The van der Waals surface area contributed by atoms with Crippen molar-refractivity contribution in [2.24, 2.45) is 0 Å². The second kappa shape index (κ2) is 6.51. The van der Waals surface area contributed by atoms with E-state index in [-0.39, 0.29) is 6.10 Å². The van der Waals surface area contributed by atoms with Gasteiger partial charge in [0.05, 0.1) is 13.2 Å². The Morgan fingerprint density at radius 1 is 1.32 bits per heavy atom. The van der Waals surface area contributed by atoms with Gasteiger partial charge in [0.1, 0.15) is 0 Å². The van der Waals surface area contributed by atoms with Crippen LogP contribution in [0.2, 0.25) is 0 Å². The Hall–Kier alpha value is -1.63. The van der Waals surface area contributed by atoms with Crippen molar-refractivity contribution in [3.05, 3.63) is 0 Å². The van der Waals surface area contributed by atoms with Gasteiger partial charge in [0.15, 0.2) is 0 Å². The van der Waals surface area contributed by atoms with Crippen LogP contribution in [0, 0.1) is 0 Å². The van der Waals surface area contributed by atoms with Crippen LogP contribution in [-0.4, -0.2) is 52.9 Å². The normalized spacial score (nSPS) is 16.5. The first-order valence-corrected chi connectivity index (χ1v) is 6.70.